The standard InChI is InChI=1S/C16H18N2O/c1-3-12(2)13-4-6-14(7-5-13)18-11-16-9-8-15(10-17)19-16/h4-9,12,18H,3,11H2,1-2H3. The zero-order valence-corrected chi connectivity index (χ0v) is 11.3. The number of benzene rings is 1. The van der Waals surface area contributed by atoms with E-state index in [-0.39, 0.29) is 0 Å². The molecule has 1 atom stereocenters. The Morgan fingerprint density at radius 2 is 1.95 bits per heavy atom. The fraction of sp³-hybridized carbons (Fsp3) is 0.312. The van der Waals surface area contributed by atoms with E-state index < -0.39 is 0 Å². The van der Waals surface area contributed by atoms with Crippen LogP contribution < -0.4 is 5.32 Å². The van der Waals surface area contributed by atoms with E-state index in [2.05, 4.69) is 43.4 Å². The van der Waals surface area contributed by atoms with Gasteiger partial charge in [-0.15, -0.1) is 0 Å². The molecule has 0 aliphatic rings. The zero-order chi connectivity index (χ0) is 13.7. The number of furan rings is 1. The second-order valence-corrected chi connectivity index (χ2v) is 4.66. The summed E-state index contributed by atoms with van der Waals surface area (Å²) in [5, 5.41) is 12.0. The molecule has 0 saturated heterocycles. The smallest absolute Gasteiger partial charge is 0.203 e. The number of anilines is 1. The SMILES string of the molecule is CCC(C)c1ccc(NCc2ccc(C#N)o2)cc1. The van der Waals surface area contributed by atoms with Crippen LogP contribution >= 0.6 is 0 Å². The third kappa shape index (κ3) is 3.38. The van der Waals surface area contributed by atoms with E-state index >= 15 is 0 Å². The molecule has 3 heteroatoms. The molecule has 1 aromatic carbocycles. The highest BCUT2D eigenvalue weighted by Crippen LogP contribution is 2.20. The van der Waals surface area contributed by atoms with E-state index in [4.69, 9.17) is 9.68 Å². The Morgan fingerprint density at radius 1 is 1.21 bits per heavy atom. The summed E-state index contributed by atoms with van der Waals surface area (Å²) in [6.45, 7) is 5.01. The summed E-state index contributed by atoms with van der Waals surface area (Å²) >= 11 is 0. The lowest BCUT2D eigenvalue weighted by Crippen LogP contribution is -1.98. The van der Waals surface area contributed by atoms with Gasteiger partial charge in [0.2, 0.25) is 5.76 Å². The Kier molecular flexibility index (Phi) is 4.25. The van der Waals surface area contributed by atoms with Gasteiger partial charge in [0.25, 0.3) is 0 Å². The van der Waals surface area contributed by atoms with Gasteiger partial charge in [-0.3, -0.25) is 0 Å². The first-order valence-corrected chi connectivity index (χ1v) is 6.55. The molecule has 2 aromatic rings. The first kappa shape index (κ1) is 13.2. The number of hydrogen-bond acceptors (Lipinski definition) is 3. The lowest BCUT2D eigenvalue weighted by molar-refractivity contribution is 0.506. The summed E-state index contributed by atoms with van der Waals surface area (Å²) in [5.41, 5.74) is 2.42. The summed E-state index contributed by atoms with van der Waals surface area (Å²) in [6.07, 6.45) is 1.15. The predicted octanol–water partition coefficient (Wildman–Crippen LogP) is 4.28. The maximum Gasteiger partial charge on any atom is 0.203 e. The van der Waals surface area contributed by atoms with Crippen molar-refractivity contribution in [3.05, 3.63) is 53.5 Å². The van der Waals surface area contributed by atoms with Gasteiger partial charge in [0.15, 0.2) is 0 Å². The van der Waals surface area contributed by atoms with Gasteiger partial charge in [0.1, 0.15) is 11.8 Å². The van der Waals surface area contributed by atoms with Gasteiger partial charge in [-0.1, -0.05) is 26.0 Å². The lowest BCUT2D eigenvalue weighted by Gasteiger charge is -2.10. The Hall–Kier alpha value is -2.21. The summed E-state index contributed by atoms with van der Waals surface area (Å²) in [4.78, 5) is 0. The van der Waals surface area contributed by atoms with Gasteiger partial charge >= 0.3 is 0 Å². The van der Waals surface area contributed by atoms with Crippen LogP contribution in [0.15, 0.2) is 40.8 Å². The van der Waals surface area contributed by atoms with Crippen molar-refractivity contribution in [3.63, 3.8) is 0 Å². The number of nitriles is 1. The van der Waals surface area contributed by atoms with Crippen molar-refractivity contribution in [1.29, 1.82) is 5.26 Å². The highest BCUT2D eigenvalue weighted by molar-refractivity contribution is 5.45. The highest BCUT2D eigenvalue weighted by atomic mass is 16.3. The molecule has 98 valence electrons. The average Bonchev–Trinajstić information content (AvgIpc) is 2.93. The minimum Gasteiger partial charge on any atom is -0.449 e. The van der Waals surface area contributed by atoms with Crippen LogP contribution in [-0.4, -0.2) is 0 Å². The number of rotatable bonds is 5. The predicted molar refractivity (Wildman–Crippen MR) is 75.9 cm³/mol. The summed E-state index contributed by atoms with van der Waals surface area (Å²) in [6, 6.07) is 13.9. The fourth-order valence-electron chi connectivity index (χ4n) is 1.89. The molecule has 0 spiro atoms. The molecule has 0 fully saturated rings. The van der Waals surface area contributed by atoms with Gasteiger partial charge < -0.3 is 9.73 Å². The van der Waals surface area contributed by atoms with Crippen LogP contribution in [0.4, 0.5) is 5.69 Å². The van der Waals surface area contributed by atoms with Gasteiger partial charge in [-0.2, -0.15) is 5.26 Å². The quantitative estimate of drug-likeness (QED) is 0.866. The lowest BCUT2D eigenvalue weighted by atomic mass is 9.99. The Morgan fingerprint density at radius 3 is 2.53 bits per heavy atom. The molecular weight excluding hydrogens is 236 g/mol. The summed E-state index contributed by atoms with van der Waals surface area (Å²) in [7, 11) is 0. The van der Waals surface area contributed by atoms with Crippen LogP contribution in [0, 0.1) is 11.3 Å². The maximum atomic E-state index is 8.68. The summed E-state index contributed by atoms with van der Waals surface area (Å²) < 4.78 is 5.31. The molecular formula is C16H18N2O. The molecule has 19 heavy (non-hydrogen) atoms. The van der Waals surface area contributed by atoms with E-state index in [1.165, 1.54) is 5.56 Å². The molecule has 1 heterocycles. The number of nitrogens with one attached hydrogen (secondary N) is 1. The monoisotopic (exact) mass is 254 g/mol. The van der Waals surface area contributed by atoms with Crippen LogP contribution in [0.25, 0.3) is 0 Å². The topological polar surface area (TPSA) is 49.0 Å². The second-order valence-electron chi connectivity index (χ2n) is 4.66. The molecule has 0 aliphatic heterocycles. The van der Waals surface area contributed by atoms with Crippen LogP contribution in [0.2, 0.25) is 0 Å². The third-order valence-corrected chi connectivity index (χ3v) is 3.33. The van der Waals surface area contributed by atoms with Crippen LogP contribution in [0.1, 0.15) is 43.3 Å². The van der Waals surface area contributed by atoms with Crippen molar-refractivity contribution in [2.45, 2.75) is 32.7 Å². The van der Waals surface area contributed by atoms with Crippen molar-refractivity contribution >= 4 is 5.69 Å². The van der Waals surface area contributed by atoms with E-state index in [9.17, 15) is 0 Å². The Balaban J connectivity index is 1.95. The Labute approximate surface area is 113 Å². The normalized spacial score (nSPS) is 11.8. The first-order valence-electron chi connectivity index (χ1n) is 6.55. The van der Waals surface area contributed by atoms with Gasteiger partial charge in [-0.05, 0) is 42.2 Å². The van der Waals surface area contributed by atoms with Crippen molar-refractivity contribution in [3.8, 4) is 6.07 Å². The second kappa shape index (κ2) is 6.10. The molecule has 1 N–H and O–H groups in total. The van der Waals surface area contributed by atoms with E-state index in [0.717, 1.165) is 17.9 Å². The molecule has 0 radical (unpaired) electrons. The highest BCUT2D eigenvalue weighted by Gasteiger charge is 2.03. The zero-order valence-electron chi connectivity index (χ0n) is 11.3. The molecule has 1 aromatic heterocycles. The van der Waals surface area contributed by atoms with Crippen LogP contribution in [0.5, 0.6) is 0 Å². The fourth-order valence-corrected chi connectivity index (χ4v) is 1.89. The molecule has 0 saturated carbocycles. The molecule has 0 amide bonds. The Bertz CT molecular complexity index is 563. The first-order chi connectivity index (χ1) is 9.22. The minimum atomic E-state index is 0.351. The third-order valence-electron chi connectivity index (χ3n) is 3.33. The van der Waals surface area contributed by atoms with E-state index in [1.54, 1.807) is 6.07 Å². The molecule has 0 bridgehead atoms. The van der Waals surface area contributed by atoms with Crippen LogP contribution in [-0.2, 0) is 6.54 Å². The average molecular weight is 254 g/mol. The van der Waals surface area contributed by atoms with Crippen molar-refractivity contribution in [1.82, 2.24) is 0 Å². The van der Waals surface area contributed by atoms with Gasteiger partial charge in [0, 0.05) is 5.69 Å². The van der Waals surface area contributed by atoms with E-state index in [0.29, 0.717) is 18.2 Å². The largest absolute Gasteiger partial charge is 0.449 e. The minimum absolute atomic E-state index is 0.351. The molecule has 3 nitrogen and oxygen atoms in total. The van der Waals surface area contributed by atoms with Gasteiger partial charge in [0.05, 0.1) is 6.54 Å². The van der Waals surface area contributed by atoms with Crippen molar-refractivity contribution in [2.24, 2.45) is 0 Å². The van der Waals surface area contributed by atoms with Crippen molar-refractivity contribution in [2.75, 3.05) is 5.32 Å². The number of nitrogens with zero attached hydrogens (tertiary/aromatic N) is 1. The molecule has 2 rings (SSSR count). The number of hydrogen-bond donors (Lipinski definition) is 1. The molecule has 0 aliphatic carbocycles. The van der Waals surface area contributed by atoms with Crippen molar-refractivity contribution < 1.29 is 4.42 Å². The van der Waals surface area contributed by atoms with Crippen LogP contribution in [0.3, 0.4) is 0 Å². The van der Waals surface area contributed by atoms with Gasteiger partial charge in [-0.25, -0.2) is 0 Å². The summed E-state index contributed by atoms with van der Waals surface area (Å²) in [5.74, 6) is 1.71. The van der Waals surface area contributed by atoms with E-state index in [1.807, 2.05) is 12.1 Å². The maximum absolute atomic E-state index is 8.68. The molecule has 1 unspecified atom stereocenters.